The number of hydrogen-bond donors (Lipinski definition) is 1. The number of halogens is 3. The molecule has 1 aromatic rings. The number of alkyl halides is 3. The summed E-state index contributed by atoms with van der Waals surface area (Å²) in [6.45, 7) is 0.229. The second-order valence-electron chi connectivity index (χ2n) is 4.23. The Morgan fingerprint density at radius 1 is 1.33 bits per heavy atom. The van der Waals surface area contributed by atoms with Crippen LogP contribution in [0.3, 0.4) is 0 Å². The zero-order chi connectivity index (χ0) is 15.9. The minimum atomic E-state index is -4.36. The Bertz CT molecular complexity index is 509. The van der Waals surface area contributed by atoms with Gasteiger partial charge in [0.05, 0.1) is 6.61 Å². The van der Waals surface area contributed by atoms with Gasteiger partial charge in [0.2, 0.25) is 0 Å². The van der Waals surface area contributed by atoms with E-state index < -0.39 is 18.8 Å². The number of ether oxygens (including phenoxy) is 2. The molecule has 0 amide bonds. The Labute approximate surface area is 119 Å². The second-order valence-corrected chi connectivity index (χ2v) is 4.23. The van der Waals surface area contributed by atoms with Gasteiger partial charge in [0.25, 0.3) is 0 Å². The molecule has 21 heavy (non-hydrogen) atoms. The van der Waals surface area contributed by atoms with E-state index in [9.17, 15) is 18.0 Å². The van der Waals surface area contributed by atoms with Crippen molar-refractivity contribution in [2.75, 3.05) is 19.8 Å². The number of carboxylic acid groups (broad SMARTS) is 1. The Hall–Kier alpha value is -2.02. The van der Waals surface area contributed by atoms with E-state index in [2.05, 4.69) is 4.74 Å². The highest BCUT2D eigenvalue weighted by Crippen LogP contribution is 2.21. The highest BCUT2D eigenvalue weighted by Gasteiger charge is 2.27. The first-order chi connectivity index (χ1) is 9.78. The average molecular weight is 304 g/mol. The molecule has 0 aliphatic rings. The van der Waals surface area contributed by atoms with Crippen molar-refractivity contribution in [1.29, 1.82) is 0 Å². The summed E-state index contributed by atoms with van der Waals surface area (Å²) < 4.78 is 45.3. The number of carboxylic acids is 1. The molecule has 4 nitrogen and oxygen atoms in total. The predicted octanol–water partition coefficient (Wildman–Crippen LogP) is 3.05. The minimum Gasteiger partial charge on any atom is -0.491 e. The second kappa shape index (κ2) is 7.68. The van der Waals surface area contributed by atoms with Gasteiger partial charge in [-0.05, 0) is 25.1 Å². The van der Waals surface area contributed by atoms with Crippen molar-refractivity contribution in [1.82, 2.24) is 0 Å². The normalized spacial score (nSPS) is 11.8. The molecular weight excluding hydrogens is 289 g/mol. The van der Waals surface area contributed by atoms with Crippen LogP contribution < -0.4 is 4.74 Å². The Morgan fingerprint density at radius 2 is 2.05 bits per heavy atom. The van der Waals surface area contributed by atoms with Gasteiger partial charge in [-0.3, -0.25) is 0 Å². The van der Waals surface area contributed by atoms with Crippen molar-refractivity contribution in [3.63, 3.8) is 0 Å². The summed E-state index contributed by atoms with van der Waals surface area (Å²) in [7, 11) is 0. The fourth-order valence-electron chi connectivity index (χ4n) is 1.49. The van der Waals surface area contributed by atoms with E-state index in [-0.39, 0.29) is 13.2 Å². The number of aliphatic carboxylic acids is 1. The largest absolute Gasteiger partial charge is 0.491 e. The van der Waals surface area contributed by atoms with Crippen molar-refractivity contribution in [3.8, 4) is 5.75 Å². The first kappa shape index (κ1) is 17.0. The number of hydrogen-bond acceptors (Lipinski definition) is 3. The molecule has 0 saturated carbocycles. The summed E-state index contributed by atoms with van der Waals surface area (Å²) in [5.74, 6) is -0.718. The Balaban J connectivity index is 2.56. The molecule has 0 unspecified atom stereocenters. The van der Waals surface area contributed by atoms with Crippen LogP contribution in [-0.4, -0.2) is 37.1 Å². The third-order valence-corrected chi connectivity index (χ3v) is 2.32. The Morgan fingerprint density at radius 3 is 2.67 bits per heavy atom. The lowest BCUT2D eigenvalue weighted by Gasteiger charge is -2.11. The molecule has 1 rings (SSSR count). The van der Waals surface area contributed by atoms with Crippen LogP contribution in [0.25, 0.3) is 6.08 Å². The Kier molecular flexibility index (Phi) is 6.23. The highest BCUT2D eigenvalue weighted by atomic mass is 19.4. The van der Waals surface area contributed by atoms with Crippen LogP contribution in [0.1, 0.15) is 11.1 Å². The number of carbonyl (C=O) groups is 1. The molecule has 7 heteroatoms. The van der Waals surface area contributed by atoms with Crippen LogP contribution in [0.4, 0.5) is 13.2 Å². The van der Waals surface area contributed by atoms with Crippen LogP contribution in [0.15, 0.2) is 24.3 Å². The first-order valence-corrected chi connectivity index (χ1v) is 6.07. The molecule has 1 N–H and O–H groups in total. The van der Waals surface area contributed by atoms with E-state index in [4.69, 9.17) is 9.84 Å². The lowest BCUT2D eigenvalue weighted by molar-refractivity contribution is -0.175. The number of rotatable bonds is 7. The fourth-order valence-corrected chi connectivity index (χ4v) is 1.49. The van der Waals surface area contributed by atoms with E-state index in [1.165, 1.54) is 6.08 Å². The lowest BCUT2D eigenvalue weighted by Crippen LogP contribution is -2.19. The van der Waals surface area contributed by atoms with E-state index in [0.717, 1.165) is 11.6 Å². The summed E-state index contributed by atoms with van der Waals surface area (Å²) in [6, 6.07) is 5.09. The molecular formula is C14H15F3O4. The van der Waals surface area contributed by atoms with Gasteiger partial charge in [0.15, 0.2) is 0 Å². The zero-order valence-corrected chi connectivity index (χ0v) is 11.3. The van der Waals surface area contributed by atoms with Gasteiger partial charge in [0.1, 0.15) is 19.0 Å². The van der Waals surface area contributed by atoms with Crippen LogP contribution in [0.2, 0.25) is 0 Å². The molecule has 0 saturated heterocycles. The van der Waals surface area contributed by atoms with Crippen LogP contribution >= 0.6 is 0 Å². The van der Waals surface area contributed by atoms with E-state index in [0.29, 0.717) is 11.3 Å². The smallest absolute Gasteiger partial charge is 0.411 e. The fraction of sp³-hybridized carbons (Fsp3) is 0.357. The molecule has 0 aliphatic carbocycles. The molecule has 0 spiro atoms. The average Bonchev–Trinajstić information content (AvgIpc) is 2.36. The maximum Gasteiger partial charge on any atom is 0.411 e. The topological polar surface area (TPSA) is 55.8 Å². The monoisotopic (exact) mass is 304 g/mol. The van der Waals surface area contributed by atoms with Crippen LogP contribution in [0.5, 0.6) is 5.75 Å². The van der Waals surface area contributed by atoms with Crippen molar-refractivity contribution in [2.45, 2.75) is 13.1 Å². The van der Waals surface area contributed by atoms with Gasteiger partial charge < -0.3 is 14.6 Å². The minimum absolute atomic E-state index is 0.0624. The van der Waals surface area contributed by atoms with E-state index >= 15 is 0 Å². The number of aryl methyl sites for hydroxylation is 1. The molecule has 0 radical (unpaired) electrons. The van der Waals surface area contributed by atoms with E-state index in [1.54, 1.807) is 18.2 Å². The third kappa shape index (κ3) is 7.36. The van der Waals surface area contributed by atoms with Crippen molar-refractivity contribution < 1.29 is 32.5 Å². The van der Waals surface area contributed by atoms with Gasteiger partial charge in [0, 0.05) is 11.6 Å². The van der Waals surface area contributed by atoms with Gasteiger partial charge >= 0.3 is 12.1 Å². The summed E-state index contributed by atoms with van der Waals surface area (Å²) in [6.07, 6.45) is -2.04. The standard InChI is InChI=1S/C14H15F3O4/c1-10-2-4-12(11(8-10)3-5-13(18)19)21-7-6-20-9-14(15,16)17/h2-5,8H,6-7,9H2,1H3,(H,18,19). The van der Waals surface area contributed by atoms with Crippen molar-refractivity contribution in [2.24, 2.45) is 0 Å². The van der Waals surface area contributed by atoms with Crippen molar-refractivity contribution in [3.05, 3.63) is 35.4 Å². The quantitative estimate of drug-likeness (QED) is 0.621. The molecule has 0 heterocycles. The van der Waals surface area contributed by atoms with Gasteiger partial charge in [-0.15, -0.1) is 0 Å². The molecule has 0 bridgehead atoms. The maximum atomic E-state index is 11.9. The van der Waals surface area contributed by atoms with E-state index in [1.807, 2.05) is 6.92 Å². The van der Waals surface area contributed by atoms with Crippen LogP contribution in [-0.2, 0) is 9.53 Å². The number of benzene rings is 1. The summed E-state index contributed by atoms with van der Waals surface area (Å²) in [5, 5.41) is 8.60. The lowest BCUT2D eigenvalue weighted by atomic mass is 10.1. The van der Waals surface area contributed by atoms with Gasteiger partial charge in [-0.1, -0.05) is 11.6 Å². The third-order valence-electron chi connectivity index (χ3n) is 2.32. The highest BCUT2D eigenvalue weighted by molar-refractivity contribution is 5.85. The molecule has 0 aromatic heterocycles. The molecule has 1 aromatic carbocycles. The molecule has 0 atom stereocenters. The van der Waals surface area contributed by atoms with Gasteiger partial charge in [-0.25, -0.2) is 4.79 Å². The molecule has 116 valence electrons. The van der Waals surface area contributed by atoms with Gasteiger partial charge in [-0.2, -0.15) is 13.2 Å². The SMILES string of the molecule is Cc1ccc(OCCOCC(F)(F)F)c(C=CC(=O)O)c1. The maximum absolute atomic E-state index is 11.9. The molecule has 0 fully saturated rings. The first-order valence-electron chi connectivity index (χ1n) is 6.07. The zero-order valence-electron chi connectivity index (χ0n) is 11.3. The predicted molar refractivity (Wildman–Crippen MR) is 70.2 cm³/mol. The van der Waals surface area contributed by atoms with Crippen molar-refractivity contribution >= 4 is 12.0 Å². The summed E-state index contributed by atoms with van der Waals surface area (Å²) in [4.78, 5) is 10.5. The molecule has 0 aliphatic heterocycles. The summed E-state index contributed by atoms with van der Waals surface area (Å²) in [5.41, 5.74) is 1.44. The summed E-state index contributed by atoms with van der Waals surface area (Å²) >= 11 is 0. The van der Waals surface area contributed by atoms with Crippen LogP contribution in [0, 0.1) is 6.92 Å².